The lowest BCUT2D eigenvalue weighted by molar-refractivity contribution is -0.457. The summed E-state index contributed by atoms with van der Waals surface area (Å²) in [5, 5.41) is 27.2. The molecule has 0 amide bonds. The first kappa shape index (κ1) is 36.4. The minimum Gasteiger partial charge on any atom is -0.472 e. The van der Waals surface area contributed by atoms with Gasteiger partial charge in [0, 0.05) is 53.7 Å². The van der Waals surface area contributed by atoms with Crippen LogP contribution in [0.4, 0.5) is 0 Å². The maximum Gasteiger partial charge on any atom is 0.333 e. The third kappa shape index (κ3) is 3.73. The molecule has 4 saturated carbocycles. The van der Waals surface area contributed by atoms with Crippen molar-refractivity contribution in [2.75, 3.05) is 7.11 Å². The van der Waals surface area contributed by atoms with Crippen molar-refractivity contribution in [3.05, 3.63) is 47.5 Å². The highest BCUT2D eigenvalue weighted by Crippen LogP contribution is 2.88. The Morgan fingerprint density at radius 3 is 2.43 bits per heavy atom. The van der Waals surface area contributed by atoms with Gasteiger partial charge in [0.05, 0.1) is 25.1 Å². The Hall–Kier alpha value is -3.56. The third-order valence-corrected chi connectivity index (χ3v) is 14.9. The second kappa shape index (κ2) is 10.8. The average molecular weight is 741 g/mol. The van der Waals surface area contributed by atoms with Crippen molar-refractivity contribution in [3.8, 4) is 0 Å². The molecule has 1 aromatic rings. The van der Waals surface area contributed by atoms with E-state index in [1.165, 1.54) is 32.6 Å². The van der Waals surface area contributed by atoms with Crippen molar-refractivity contribution in [2.45, 2.75) is 134 Å². The Labute approximate surface area is 307 Å². The molecule has 14 atom stereocenters. The molecule has 0 unspecified atom stereocenters. The number of rotatable bonds is 8. The number of allylic oxidation sites excluding steroid dienone is 1. The van der Waals surface area contributed by atoms with E-state index in [1.807, 2.05) is 13.8 Å². The molecule has 53 heavy (non-hydrogen) atoms. The van der Waals surface area contributed by atoms with Crippen LogP contribution in [0, 0.1) is 28.1 Å². The molecule has 1 aromatic heterocycles. The van der Waals surface area contributed by atoms with Crippen molar-refractivity contribution >= 4 is 23.9 Å². The molecule has 14 heteroatoms. The summed E-state index contributed by atoms with van der Waals surface area (Å²) in [6.07, 6.45) is 0.561. The molecular formula is C39H48O14. The topological polar surface area (TPSA) is 186 Å². The number of esters is 4. The van der Waals surface area contributed by atoms with Gasteiger partial charge >= 0.3 is 23.9 Å². The maximum atomic E-state index is 13.9. The van der Waals surface area contributed by atoms with Crippen molar-refractivity contribution in [2.24, 2.45) is 28.1 Å². The van der Waals surface area contributed by atoms with Gasteiger partial charge in [-0.25, -0.2) is 9.59 Å². The van der Waals surface area contributed by atoms with Crippen LogP contribution in [-0.2, 0) is 52.3 Å². The summed E-state index contributed by atoms with van der Waals surface area (Å²) in [5.41, 5.74) is -11.5. The first-order valence-corrected chi connectivity index (χ1v) is 18.3. The van der Waals surface area contributed by atoms with Gasteiger partial charge in [-0.15, -0.1) is 0 Å². The smallest absolute Gasteiger partial charge is 0.333 e. The normalized spacial score (nSPS) is 49.0. The van der Waals surface area contributed by atoms with E-state index in [1.54, 1.807) is 46.8 Å². The fourth-order valence-electron chi connectivity index (χ4n) is 12.3. The van der Waals surface area contributed by atoms with Crippen molar-refractivity contribution in [1.82, 2.24) is 0 Å². The van der Waals surface area contributed by atoms with Crippen LogP contribution in [0.15, 0.2) is 46.3 Å². The van der Waals surface area contributed by atoms with Crippen LogP contribution in [0.2, 0.25) is 0 Å². The maximum absolute atomic E-state index is 13.9. The Morgan fingerprint density at radius 2 is 1.83 bits per heavy atom. The molecule has 0 radical (unpaired) electrons. The first-order chi connectivity index (χ1) is 24.8. The Kier molecular flexibility index (Phi) is 7.43. The number of ether oxygens (including phenoxy) is 7. The highest BCUT2D eigenvalue weighted by molar-refractivity contribution is 5.88. The average Bonchev–Trinajstić information content (AvgIpc) is 3.90. The van der Waals surface area contributed by atoms with E-state index < -0.39 is 105 Å². The minimum atomic E-state index is -2.40. The second-order valence-electron chi connectivity index (χ2n) is 16.9. The molecule has 14 nitrogen and oxygen atoms in total. The molecule has 6 fully saturated rings. The lowest BCUT2D eigenvalue weighted by atomic mass is 9.34. The van der Waals surface area contributed by atoms with E-state index in [0.717, 1.165) is 0 Å². The number of hydrogen-bond acceptors (Lipinski definition) is 14. The van der Waals surface area contributed by atoms with E-state index in [9.17, 15) is 29.4 Å². The summed E-state index contributed by atoms with van der Waals surface area (Å²) in [6.45, 7) is 13.6. The largest absolute Gasteiger partial charge is 0.472 e. The zero-order valence-corrected chi connectivity index (χ0v) is 31.5. The number of fused-ring (bicyclic) bond motifs is 4. The van der Waals surface area contributed by atoms with Gasteiger partial charge in [-0.2, -0.15) is 0 Å². The number of cyclic esters (lactones) is 1. The summed E-state index contributed by atoms with van der Waals surface area (Å²) in [4.78, 5) is 54.1. The van der Waals surface area contributed by atoms with Crippen LogP contribution in [-0.4, -0.2) is 87.9 Å². The summed E-state index contributed by atoms with van der Waals surface area (Å²) < 4.78 is 50.7. The molecule has 8 rings (SSSR count). The lowest BCUT2D eigenvalue weighted by Crippen LogP contribution is -2.93. The van der Waals surface area contributed by atoms with Crippen LogP contribution in [0.3, 0.4) is 0 Å². The van der Waals surface area contributed by atoms with E-state index in [-0.39, 0.29) is 30.4 Å². The standard InChI is InChI=1S/C39H48O14/c1-10-19(3)29(43)50-30-32(6)18-35(44)34(8,23(32)14-26(41)46-9)36-16-25(48-21(5)40)33(7)24(15-27(42)49-28(33)22-12-13-47-17-22)38(36)31(37(30,35)45)51-39(52-36,53-38)20(4)11-2/h10,12-13,15,17,20,23,25,28,30-31,44-45H,11,14,16,18H2,1-9H3/b19-10+/t20-,23-,25-,28-,30-,31+,32+,33-,34+,35+,36-,37-,38+,39-/m0/s1. The number of furan rings is 1. The van der Waals surface area contributed by atoms with Gasteiger partial charge in [0.15, 0.2) is 11.2 Å². The van der Waals surface area contributed by atoms with Gasteiger partial charge in [0.2, 0.25) is 0 Å². The van der Waals surface area contributed by atoms with Crippen molar-refractivity contribution in [3.63, 3.8) is 0 Å². The number of carbonyl (C=O) groups is 4. The molecule has 4 heterocycles. The van der Waals surface area contributed by atoms with E-state index >= 15 is 0 Å². The number of methoxy groups -OCH3 is 1. The van der Waals surface area contributed by atoms with Gasteiger partial charge in [-0.05, 0) is 51.2 Å². The Balaban J connectivity index is 1.48. The summed E-state index contributed by atoms with van der Waals surface area (Å²) in [7, 11) is 1.26. The van der Waals surface area contributed by atoms with Crippen molar-refractivity contribution < 1.29 is 67.0 Å². The molecule has 2 N–H and O–H groups in total. The van der Waals surface area contributed by atoms with E-state index in [4.69, 9.17) is 37.6 Å². The van der Waals surface area contributed by atoms with Crippen LogP contribution in [0.25, 0.3) is 0 Å². The Bertz CT molecular complexity index is 1870. The fraction of sp³-hybridized carbons (Fsp3) is 0.692. The predicted molar refractivity (Wildman–Crippen MR) is 179 cm³/mol. The molecule has 2 saturated heterocycles. The van der Waals surface area contributed by atoms with E-state index in [2.05, 4.69) is 0 Å². The zero-order valence-electron chi connectivity index (χ0n) is 31.5. The van der Waals surface area contributed by atoms with Gasteiger partial charge in [-0.1, -0.05) is 33.8 Å². The van der Waals surface area contributed by atoms with Gasteiger partial charge in [-0.3, -0.25) is 9.59 Å². The highest BCUT2D eigenvalue weighted by atomic mass is 17.0. The quantitative estimate of drug-likeness (QED) is 0.223. The second-order valence-corrected chi connectivity index (χ2v) is 16.9. The Morgan fingerprint density at radius 1 is 1.11 bits per heavy atom. The number of aliphatic hydroxyl groups is 2. The monoisotopic (exact) mass is 740 g/mol. The predicted octanol–water partition coefficient (Wildman–Crippen LogP) is 3.73. The van der Waals surface area contributed by atoms with Gasteiger partial charge in [0.1, 0.15) is 35.6 Å². The third-order valence-electron chi connectivity index (χ3n) is 14.9. The molecule has 3 aliphatic heterocycles. The highest BCUT2D eigenvalue weighted by Gasteiger charge is 3.03. The molecule has 288 valence electrons. The fourth-order valence-corrected chi connectivity index (χ4v) is 12.3. The SMILES string of the molecule is C/C=C(\C)C(=O)O[C@H]1[C@]2(C)C[C@]3(O)[C@@]1(O)[C@H]1O[C@@]4([C@@H](C)CC)O[C@@]5(C[C@H](OC(C)=O)[C@]6(C)C(=CC(=O)O[C@H]6c6ccoc6)[C@@]15O4)[C@]3(C)[C@H]2CC(=O)OC. The van der Waals surface area contributed by atoms with Crippen LogP contribution in [0.1, 0.15) is 92.7 Å². The zero-order chi connectivity index (χ0) is 38.5. The van der Waals surface area contributed by atoms with Gasteiger partial charge < -0.3 is 47.8 Å². The minimum absolute atomic E-state index is 0.130. The lowest BCUT2D eigenvalue weighted by Gasteiger charge is -2.76. The molecular weight excluding hydrogens is 692 g/mol. The van der Waals surface area contributed by atoms with Crippen LogP contribution >= 0.6 is 0 Å². The molecule has 4 bridgehead atoms. The molecule has 0 aromatic carbocycles. The van der Waals surface area contributed by atoms with Gasteiger partial charge in [0.25, 0.3) is 5.97 Å². The van der Waals surface area contributed by atoms with Crippen molar-refractivity contribution in [1.29, 1.82) is 0 Å². The molecule has 4 aliphatic carbocycles. The summed E-state index contributed by atoms with van der Waals surface area (Å²) in [6, 6.07) is 1.65. The first-order valence-electron chi connectivity index (χ1n) is 18.3. The van der Waals surface area contributed by atoms with E-state index in [0.29, 0.717) is 12.0 Å². The number of carbonyl (C=O) groups excluding carboxylic acids is 4. The molecule has 7 aliphatic rings. The van der Waals surface area contributed by atoms with Crippen LogP contribution in [0.5, 0.6) is 0 Å². The van der Waals surface area contributed by atoms with Crippen LogP contribution < -0.4 is 0 Å². The summed E-state index contributed by atoms with van der Waals surface area (Å²) in [5.74, 6) is -5.95. The number of hydrogen-bond donors (Lipinski definition) is 2. The molecule has 1 spiro atoms. The summed E-state index contributed by atoms with van der Waals surface area (Å²) >= 11 is 0.